The number of rotatable bonds is 7. The van der Waals surface area contributed by atoms with E-state index in [0.29, 0.717) is 13.0 Å². The molecule has 0 radical (unpaired) electrons. The fourth-order valence-electron chi connectivity index (χ4n) is 2.16. The number of benzene rings is 2. The van der Waals surface area contributed by atoms with Crippen LogP contribution in [0.15, 0.2) is 36.4 Å². The van der Waals surface area contributed by atoms with E-state index < -0.39 is 5.97 Å². The molecule has 0 aromatic heterocycles. The number of unbranched alkanes of at least 4 members (excludes halogenated alkanes) is 1. The lowest BCUT2D eigenvalue weighted by molar-refractivity contribution is -0.136. The summed E-state index contributed by atoms with van der Waals surface area (Å²) in [6, 6.07) is 12.1. The normalized spacial score (nSPS) is 10.7. The standard InChI is InChI=1S/C17H20O3/c1-2-3-10-20-16-12-14-7-5-4-6-13(14)11-15(16)8-9-17(18)19/h4-7,11-12H,2-3,8-10H2,1H3,(H,18,19). The molecule has 20 heavy (non-hydrogen) atoms. The minimum absolute atomic E-state index is 0.127. The van der Waals surface area contributed by atoms with Gasteiger partial charge in [-0.25, -0.2) is 0 Å². The fraction of sp³-hybridized carbons (Fsp3) is 0.353. The summed E-state index contributed by atoms with van der Waals surface area (Å²) >= 11 is 0. The molecule has 0 saturated heterocycles. The molecular weight excluding hydrogens is 252 g/mol. The second kappa shape index (κ2) is 6.94. The molecule has 106 valence electrons. The SMILES string of the molecule is CCCCOc1cc2ccccc2cc1CCC(=O)O. The summed E-state index contributed by atoms with van der Waals surface area (Å²) < 4.78 is 5.83. The Hall–Kier alpha value is -2.03. The van der Waals surface area contributed by atoms with E-state index in [4.69, 9.17) is 9.84 Å². The van der Waals surface area contributed by atoms with Crippen LogP contribution in [0.25, 0.3) is 10.8 Å². The van der Waals surface area contributed by atoms with E-state index in [9.17, 15) is 4.79 Å². The minimum Gasteiger partial charge on any atom is -0.493 e. The fourth-order valence-corrected chi connectivity index (χ4v) is 2.16. The van der Waals surface area contributed by atoms with Crippen LogP contribution in [0.4, 0.5) is 0 Å². The lowest BCUT2D eigenvalue weighted by atomic mass is 10.0. The molecule has 3 heteroatoms. The summed E-state index contributed by atoms with van der Waals surface area (Å²) in [6.07, 6.45) is 2.72. The van der Waals surface area contributed by atoms with Crippen LogP contribution >= 0.6 is 0 Å². The summed E-state index contributed by atoms with van der Waals surface area (Å²) in [7, 11) is 0. The van der Waals surface area contributed by atoms with Gasteiger partial charge in [-0.1, -0.05) is 37.6 Å². The van der Waals surface area contributed by atoms with Crippen molar-refractivity contribution in [3.8, 4) is 5.75 Å². The number of carbonyl (C=O) groups is 1. The van der Waals surface area contributed by atoms with Gasteiger partial charge < -0.3 is 9.84 Å². The zero-order valence-corrected chi connectivity index (χ0v) is 11.8. The van der Waals surface area contributed by atoms with Crippen molar-refractivity contribution in [3.05, 3.63) is 42.0 Å². The maximum absolute atomic E-state index is 10.8. The van der Waals surface area contributed by atoms with Gasteiger partial charge in [-0.2, -0.15) is 0 Å². The molecule has 2 aromatic carbocycles. The number of fused-ring (bicyclic) bond motifs is 1. The van der Waals surface area contributed by atoms with E-state index in [0.717, 1.165) is 34.9 Å². The van der Waals surface area contributed by atoms with Crippen molar-refractivity contribution in [3.63, 3.8) is 0 Å². The third-order valence-electron chi connectivity index (χ3n) is 3.29. The average Bonchev–Trinajstić information content (AvgIpc) is 2.45. The molecule has 0 saturated carbocycles. The maximum atomic E-state index is 10.8. The average molecular weight is 272 g/mol. The Balaban J connectivity index is 2.28. The van der Waals surface area contributed by atoms with E-state index in [1.54, 1.807) is 0 Å². The van der Waals surface area contributed by atoms with E-state index in [-0.39, 0.29) is 6.42 Å². The smallest absolute Gasteiger partial charge is 0.303 e. The predicted octanol–water partition coefficient (Wildman–Crippen LogP) is 4.04. The Labute approximate surface area is 119 Å². The van der Waals surface area contributed by atoms with E-state index >= 15 is 0 Å². The molecule has 0 fully saturated rings. The van der Waals surface area contributed by atoms with Crippen molar-refractivity contribution in [1.29, 1.82) is 0 Å². The topological polar surface area (TPSA) is 46.5 Å². The van der Waals surface area contributed by atoms with Crippen LogP contribution < -0.4 is 4.74 Å². The highest BCUT2D eigenvalue weighted by Gasteiger charge is 2.08. The Morgan fingerprint density at radius 3 is 2.55 bits per heavy atom. The highest BCUT2D eigenvalue weighted by atomic mass is 16.5. The Kier molecular flexibility index (Phi) is 4.99. The van der Waals surface area contributed by atoms with E-state index in [1.807, 2.05) is 36.4 Å². The number of aliphatic carboxylic acids is 1. The van der Waals surface area contributed by atoms with Crippen molar-refractivity contribution < 1.29 is 14.6 Å². The van der Waals surface area contributed by atoms with Crippen molar-refractivity contribution in [2.24, 2.45) is 0 Å². The summed E-state index contributed by atoms with van der Waals surface area (Å²) in [5, 5.41) is 11.1. The quantitative estimate of drug-likeness (QED) is 0.774. The summed E-state index contributed by atoms with van der Waals surface area (Å²) in [4.78, 5) is 10.8. The first-order valence-electron chi connectivity index (χ1n) is 7.07. The lowest BCUT2D eigenvalue weighted by Gasteiger charge is -2.12. The number of ether oxygens (including phenoxy) is 1. The van der Waals surface area contributed by atoms with Crippen molar-refractivity contribution >= 4 is 16.7 Å². The molecule has 2 aromatic rings. The van der Waals surface area contributed by atoms with Crippen molar-refractivity contribution in [1.82, 2.24) is 0 Å². The molecule has 1 N–H and O–H groups in total. The molecule has 0 aliphatic carbocycles. The molecule has 0 aliphatic rings. The van der Waals surface area contributed by atoms with Gasteiger partial charge in [0.05, 0.1) is 6.61 Å². The zero-order valence-electron chi connectivity index (χ0n) is 11.8. The number of carboxylic acid groups (broad SMARTS) is 1. The van der Waals surface area contributed by atoms with Gasteiger partial charge in [-0.15, -0.1) is 0 Å². The number of aryl methyl sites for hydroxylation is 1. The summed E-state index contributed by atoms with van der Waals surface area (Å²) in [5.41, 5.74) is 0.974. The van der Waals surface area contributed by atoms with Gasteiger partial charge in [0, 0.05) is 6.42 Å². The van der Waals surface area contributed by atoms with Gasteiger partial charge in [-0.3, -0.25) is 4.79 Å². The first-order chi connectivity index (χ1) is 9.70. The van der Waals surface area contributed by atoms with E-state index in [1.165, 1.54) is 0 Å². The second-order valence-corrected chi connectivity index (χ2v) is 4.90. The second-order valence-electron chi connectivity index (χ2n) is 4.90. The van der Waals surface area contributed by atoms with Crippen LogP contribution in [-0.4, -0.2) is 17.7 Å². The van der Waals surface area contributed by atoms with Crippen LogP contribution in [0.1, 0.15) is 31.7 Å². The predicted molar refractivity (Wildman–Crippen MR) is 80.3 cm³/mol. The maximum Gasteiger partial charge on any atom is 0.303 e. The third kappa shape index (κ3) is 3.73. The first kappa shape index (κ1) is 14.4. The van der Waals surface area contributed by atoms with Gasteiger partial charge in [0.1, 0.15) is 5.75 Å². The van der Waals surface area contributed by atoms with Gasteiger partial charge >= 0.3 is 5.97 Å². The molecule has 0 bridgehead atoms. The molecule has 2 rings (SSSR count). The largest absolute Gasteiger partial charge is 0.493 e. The van der Waals surface area contributed by atoms with Crippen LogP contribution in [0.3, 0.4) is 0 Å². The minimum atomic E-state index is -0.780. The molecule has 0 heterocycles. The number of hydrogen-bond acceptors (Lipinski definition) is 2. The Bertz CT molecular complexity index is 590. The monoisotopic (exact) mass is 272 g/mol. The Morgan fingerprint density at radius 2 is 1.90 bits per heavy atom. The molecular formula is C17H20O3. The number of hydrogen-bond donors (Lipinski definition) is 1. The third-order valence-corrected chi connectivity index (χ3v) is 3.29. The molecule has 3 nitrogen and oxygen atoms in total. The van der Waals surface area contributed by atoms with Gasteiger partial charge in [0.2, 0.25) is 0 Å². The first-order valence-corrected chi connectivity index (χ1v) is 7.07. The van der Waals surface area contributed by atoms with Crippen LogP contribution in [0.2, 0.25) is 0 Å². The molecule has 0 aliphatic heterocycles. The van der Waals surface area contributed by atoms with Crippen LogP contribution in [0.5, 0.6) is 5.75 Å². The molecule has 0 atom stereocenters. The lowest BCUT2D eigenvalue weighted by Crippen LogP contribution is -2.03. The summed E-state index contributed by atoms with van der Waals surface area (Å²) in [6.45, 7) is 2.80. The van der Waals surface area contributed by atoms with Crippen LogP contribution in [0, 0.1) is 0 Å². The Morgan fingerprint density at radius 1 is 1.20 bits per heavy atom. The highest BCUT2D eigenvalue weighted by molar-refractivity contribution is 5.85. The van der Waals surface area contributed by atoms with Crippen molar-refractivity contribution in [2.75, 3.05) is 6.61 Å². The van der Waals surface area contributed by atoms with Gasteiger partial charge in [-0.05, 0) is 41.3 Å². The number of carboxylic acids is 1. The summed E-state index contributed by atoms with van der Waals surface area (Å²) in [5.74, 6) is 0.0380. The molecule has 0 amide bonds. The zero-order chi connectivity index (χ0) is 14.4. The van der Waals surface area contributed by atoms with Gasteiger partial charge in [0.25, 0.3) is 0 Å². The van der Waals surface area contributed by atoms with Crippen LogP contribution in [-0.2, 0) is 11.2 Å². The van der Waals surface area contributed by atoms with E-state index in [2.05, 4.69) is 6.92 Å². The van der Waals surface area contributed by atoms with Crippen molar-refractivity contribution in [2.45, 2.75) is 32.6 Å². The molecule has 0 unspecified atom stereocenters. The highest BCUT2D eigenvalue weighted by Crippen LogP contribution is 2.27. The van der Waals surface area contributed by atoms with Gasteiger partial charge in [0.15, 0.2) is 0 Å². The molecule has 0 spiro atoms.